The van der Waals surface area contributed by atoms with E-state index < -0.39 is 0 Å². The minimum absolute atomic E-state index is 0.229. The van der Waals surface area contributed by atoms with Crippen molar-refractivity contribution in [2.45, 2.75) is 39.8 Å². The predicted octanol–water partition coefficient (Wildman–Crippen LogP) is 0.924. The van der Waals surface area contributed by atoms with Crippen molar-refractivity contribution in [2.24, 2.45) is 0 Å². The van der Waals surface area contributed by atoms with E-state index in [4.69, 9.17) is 0 Å². The second kappa shape index (κ2) is 2.51. The maximum absolute atomic E-state index is 11.7. The Balaban J connectivity index is 2.69. The van der Waals surface area contributed by atoms with Crippen molar-refractivity contribution in [3.63, 3.8) is 0 Å². The van der Waals surface area contributed by atoms with E-state index in [1.807, 2.05) is 18.5 Å². The van der Waals surface area contributed by atoms with Crippen LogP contribution >= 0.6 is 0 Å². The molecular weight excluding hydrogens is 152 g/mol. The molecule has 0 amide bonds. The van der Waals surface area contributed by atoms with Crippen molar-refractivity contribution in [2.75, 3.05) is 0 Å². The molecule has 1 aliphatic rings. The zero-order chi connectivity index (χ0) is 8.72. The molecule has 12 heavy (non-hydrogen) atoms. The van der Waals surface area contributed by atoms with Gasteiger partial charge in [0, 0.05) is 24.3 Å². The molecule has 3 nitrogen and oxygen atoms in total. The van der Waals surface area contributed by atoms with Crippen LogP contribution in [0.5, 0.6) is 0 Å². The van der Waals surface area contributed by atoms with Crippen molar-refractivity contribution >= 4 is 0 Å². The van der Waals surface area contributed by atoms with E-state index in [1.165, 1.54) is 5.69 Å². The molecule has 2 rings (SSSR count). The van der Waals surface area contributed by atoms with E-state index in [2.05, 4.69) is 4.68 Å². The zero-order valence-electron chi connectivity index (χ0n) is 7.63. The molecule has 0 bridgehead atoms. The second-order valence-electron chi connectivity index (χ2n) is 3.32. The second-order valence-corrected chi connectivity index (χ2v) is 3.32. The largest absolute Gasteiger partial charge is 0.287 e. The fourth-order valence-electron chi connectivity index (χ4n) is 2.05. The van der Waals surface area contributed by atoms with Crippen molar-refractivity contribution in [3.05, 3.63) is 21.6 Å². The highest BCUT2D eigenvalue weighted by Gasteiger charge is 2.18. The van der Waals surface area contributed by atoms with Crippen LogP contribution < -0.4 is 5.56 Å². The summed E-state index contributed by atoms with van der Waals surface area (Å²) < 4.78 is 3.98. The lowest BCUT2D eigenvalue weighted by Gasteiger charge is -2.00. The molecule has 0 saturated heterocycles. The Morgan fingerprint density at radius 2 is 2.00 bits per heavy atom. The normalized spacial score (nSPS) is 15.2. The molecule has 2 heterocycles. The summed E-state index contributed by atoms with van der Waals surface area (Å²) in [6, 6.07) is 0. The van der Waals surface area contributed by atoms with E-state index in [-0.39, 0.29) is 5.56 Å². The van der Waals surface area contributed by atoms with Crippen LogP contribution in [0.3, 0.4) is 0 Å². The zero-order valence-corrected chi connectivity index (χ0v) is 7.63. The monoisotopic (exact) mass is 166 g/mol. The van der Waals surface area contributed by atoms with Crippen LogP contribution in [0.25, 0.3) is 0 Å². The Morgan fingerprint density at radius 3 is 2.58 bits per heavy atom. The van der Waals surface area contributed by atoms with Crippen LogP contribution in [0, 0.1) is 6.92 Å². The number of rotatable bonds is 1. The fourth-order valence-corrected chi connectivity index (χ4v) is 2.05. The number of fused-ring (bicyclic) bond motifs is 1. The summed E-state index contributed by atoms with van der Waals surface area (Å²) in [6.07, 6.45) is 1.97. The van der Waals surface area contributed by atoms with Gasteiger partial charge >= 0.3 is 0 Å². The number of hydrogen-bond donors (Lipinski definition) is 0. The molecule has 0 spiro atoms. The first-order chi connectivity index (χ1) is 5.75. The first-order valence-corrected chi connectivity index (χ1v) is 4.54. The smallest absolute Gasteiger partial charge is 0.270 e. The average molecular weight is 166 g/mol. The van der Waals surface area contributed by atoms with Gasteiger partial charge in [0.1, 0.15) is 0 Å². The van der Waals surface area contributed by atoms with Gasteiger partial charge in [-0.3, -0.25) is 14.2 Å². The molecule has 0 saturated carbocycles. The summed E-state index contributed by atoms with van der Waals surface area (Å²) >= 11 is 0. The van der Waals surface area contributed by atoms with Gasteiger partial charge in [0.2, 0.25) is 0 Å². The minimum atomic E-state index is 0.229. The molecule has 1 aromatic heterocycles. The summed E-state index contributed by atoms with van der Waals surface area (Å²) in [6.45, 7) is 6.00. The van der Waals surface area contributed by atoms with E-state index in [1.54, 1.807) is 0 Å². The minimum Gasteiger partial charge on any atom is -0.287 e. The van der Waals surface area contributed by atoms with Gasteiger partial charge in [-0.1, -0.05) is 6.92 Å². The van der Waals surface area contributed by atoms with Crippen LogP contribution in [0.2, 0.25) is 0 Å². The molecule has 0 atom stereocenters. The standard InChI is InChI=1S/C9H14N2O/c1-3-8-7(2)10-5-4-6-11(10)9(8)12/h3-6H2,1-2H3. The summed E-state index contributed by atoms with van der Waals surface area (Å²) in [5, 5.41) is 0. The van der Waals surface area contributed by atoms with Crippen LogP contribution in [0.1, 0.15) is 24.6 Å². The van der Waals surface area contributed by atoms with Crippen LogP contribution in [0.4, 0.5) is 0 Å². The van der Waals surface area contributed by atoms with Gasteiger partial charge < -0.3 is 0 Å². The van der Waals surface area contributed by atoms with Crippen LogP contribution in [-0.4, -0.2) is 9.36 Å². The van der Waals surface area contributed by atoms with Crippen LogP contribution in [-0.2, 0) is 19.5 Å². The molecule has 3 heteroatoms. The predicted molar refractivity (Wildman–Crippen MR) is 47.4 cm³/mol. The van der Waals surface area contributed by atoms with Gasteiger partial charge in [0.15, 0.2) is 0 Å². The third kappa shape index (κ3) is 0.792. The first kappa shape index (κ1) is 7.65. The van der Waals surface area contributed by atoms with Crippen molar-refractivity contribution in [1.29, 1.82) is 0 Å². The summed E-state index contributed by atoms with van der Waals surface area (Å²) in [5.41, 5.74) is 2.39. The lowest BCUT2D eigenvalue weighted by Crippen LogP contribution is -2.18. The first-order valence-electron chi connectivity index (χ1n) is 4.54. The Bertz CT molecular complexity index is 353. The Morgan fingerprint density at radius 1 is 1.33 bits per heavy atom. The van der Waals surface area contributed by atoms with Gasteiger partial charge in [-0.2, -0.15) is 0 Å². The molecule has 0 N–H and O–H groups in total. The maximum Gasteiger partial charge on any atom is 0.270 e. The third-order valence-electron chi connectivity index (χ3n) is 2.70. The van der Waals surface area contributed by atoms with E-state index >= 15 is 0 Å². The van der Waals surface area contributed by atoms with Gasteiger partial charge in [-0.25, -0.2) is 0 Å². The highest BCUT2D eigenvalue weighted by molar-refractivity contribution is 5.18. The Labute approximate surface area is 71.6 Å². The number of hydrogen-bond acceptors (Lipinski definition) is 1. The summed E-state index contributed by atoms with van der Waals surface area (Å²) in [7, 11) is 0. The van der Waals surface area contributed by atoms with E-state index in [0.29, 0.717) is 0 Å². The molecule has 0 aliphatic carbocycles. The molecule has 66 valence electrons. The molecule has 0 unspecified atom stereocenters. The van der Waals surface area contributed by atoms with Gasteiger partial charge in [-0.15, -0.1) is 0 Å². The van der Waals surface area contributed by atoms with Crippen LogP contribution in [0.15, 0.2) is 4.79 Å². The third-order valence-corrected chi connectivity index (χ3v) is 2.70. The molecule has 1 aromatic rings. The molecule has 0 radical (unpaired) electrons. The molecule has 0 fully saturated rings. The van der Waals surface area contributed by atoms with Crippen molar-refractivity contribution in [1.82, 2.24) is 9.36 Å². The fraction of sp³-hybridized carbons (Fsp3) is 0.667. The average Bonchev–Trinajstić information content (AvgIpc) is 2.58. The topological polar surface area (TPSA) is 26.9 Å². The van der Waals surface area contributed by atoms with Gasteiger partial charge in [-0.05, 0) is 19.8 Å². The SMILES string of the molecule is CCc1c(C)n2n(c1=O)CCC2. The highest BCUT2D eigenvalue weighted by atomic mass is 16.1. The summed E-state index contributed by atoms with van der Waals surface area (Å²) in [5.74, 6) is 0. The number of nitrogens with zero attached hydrogens (tertiary/aromatic N) is 2. The molecular formula is C9H14N2O. The maximum atomic E-state index is 11.7. The Kier molecular flexibility index (Phi) is 1.60. The van der Waals surface area contributed by atoms with Gasteiger partial charge in [0.05, 0.1) is 0 Å². The lowest BCUT2D eigenvalue weighted by molar-refractivity contribution is 0.582. The lowest BCUT2D eigenvalue weighted by atomic mass is 10.2. The van der Waals surface area contributed by atoms with Gasteiger partial charge in [0.25, 0.3) is 5.56 Å². The van der Waals surface area contributed by atoms with Crippen molar-refractivity contribution < 1.29 is 0 Å². The Hall–Kier alpha value is -0.990. The van der Waals surface area contributed by atoms with E-state index in [0.717, 1.165) is 31.5 Å². The van der Waals surface area contributed by atoms with Crippen molar-refractivity contribution in [3.8, 4) is 0 Å². The quantitative estimate of drug-likeness (QED) is 0.609. The molecule has 1 aliphatic heterocycles. The summed E-state index contributed by atoms with van der Waals surface area (Å²) in [4.78, 5) is 11.7. The van der Waals surface area contributed by atoms with E-state index in [9.17, 15) is 4.79 Å². The number of aromatic nitrogens is 2. The highest BCUT2D eigenvalue weighted by Crippen LogP contribution is 2.11. The molecule has 0 aromatic carbocycles.